The van der Waals surface area contributed by atoms with Crippen molar-refractivity contribution in [3.63, 3.8) is 0 Å². The molecule has 4 aromatic rings. The molecule has 5 rings (SSSR count). The number of nitriles is 1. The summed E-state index contributed by atoms with van der Waals surface area (Å²) in [5.41, 5.74) is 9.96. The van der Waals surface area contributed by atoms with Crippen LogP contribution in [-0.4, -0.2) is 37.4 Å². The van der Waals surface area contributed by atoms with Crippen LogP contribution in [0.15, 0.2) is 42.5 Å². The highest BCUT2D eigenvalue weighted by atomic mass is 19.1. The van der Waals surface area contributed by atoms with E-state index >= 15 is 0 Å². The van der Waals surface area contributed by atoms with Crippen LogP contribution < -0.4 is 11.1 Å². The number of nitrogens with one attached hydrogen (secondary N) is 1. The Morgan fingerprint density at radius 2 is 2.09 bits per heavy atom. The molecular weight excluding hydrogens is 419 g/mol. The van der Waals surface area contributed by atoms with E-state index in [2.05, 4.69) is 15.6 Å². The molecule has 0 aliphatic heterocycles. The lowest BCUT2D eigenvalue weighted by Gasteiger charge is -2.26. The largest absolute Gasteiger partial charge is 0.368 e. The number of aryl methyl sites for hydroxylation is 1. The minimum absolute atomic E-state index is 0.0131. The van der Waals surface area contributed by atoms with Crippen molar-refractivity contribution in [2.24, 2.45) is 18.7 Å². The molecular formula is C24H25FN8. The number of hydrogen-bond donors (Lipinski definition) is 2. The molecule has 1 fully saturated rings. The van der Waals surface area contributed by atoms with Gasteiger partial charge in [-0.3, -0.25) is 0 Å². The number of nitrogens with two attached hydrogens (primary N) is 1. The molecule has 0 radical (unpaired) electrons. The summed E-state index contributed by atoms with van der Waals surface area (Å²) in [4.78, 5) is 0. The van der Waals surface area contributed by atoms with E-state index in [1.807, 2.05) is 37.4 Å². The number of nitrogens with zero attached hydrogens (tertiary/aromatic N) is 6. The number of halogens is 1. The second-order valence-electron chi connectivity index (χ2n) is 8.69. The molecule has 2 aromatic carbocycles. The van der Waals surface area contributed by atoms with Crippen LogP contribution in [0.25, 0.3) is 28.0 Å². The smallest absolute Gasteiger partial charge is 0.149 e. The van der Waals surface area contributed by atoms with Gasteiger partial charge < -0.3 is 11.1 Å². The summed E-state index contributed by atoms with van der Waals surface area (Å²) < 4.78 is 17.9. The summed E-state index contributed by atoms with van der Waals surface area (Å²) >= 11 is 0. The lowest BCUT2D eigenvalue weighted by Crippen LogP contribution is -2.31. The first-order valence-corrected chi connectivity index (χ1v) is 11.1. The first-order chi connectivity index (χ1) is 16.0. The molecule has 0 spiro atoms. The Morgan fingerprint density at radius 1 is 1.21 bits per heavy atom. The quantitative estimate of drug-likeness (QED) is 0.485. The van der Waals surface area contributed by atoms with Gasteiger partial charge in [0.15, 0.2) is 0 Å². The van der Waals surface area contributed by atoms with Crippen LogP contribution in [0.4, 0.5) is 10.2 Å². The Bertz CT molecular complexity index is 1350. The molecule has 1 unspecified atom stereocenters. The zero-order chi connectivity index (χ0) is 22.9. The molecule has 0 amide bonds. The van der Waals surface area contributed by atoms with E-state index in [1.165, 1.54) is 12.1 Å². The monoisotopic (exact) mass is 444 g/mol. The molecule has 3 N–H and O–H groups in total. The fraction of sp³-hybridized carbons (Fsp3) is 0.333. The van der Waals surface area contributed by atoms with Gasteiger partial charge in [-0.1, -0.05) is 17.7 Å². The van der Waals surface area contributed by atoms with E-state index in [-0.39, 0.29) is 11.6 Å². The highest BCUT2D eigenvalue weighted by Crippen LogP contribution is 2.29. The maximum atomic E-state index is 14.4. The molecule has 2 atom stereocenters. The number of fused-ring (bicyclic) bond motifs is 1. The summed E-state index contributed by atoms with van der Waals surface area (Å²) in [6.45, 7) is 0.788. The Morgan fingerprint density at radius 3 is 2.88 bits per heavy atom. The molecule has 8 nitrogen and oxygen atoms in total. The van der Waals surface area contributed by atoms with Gasteiger partial charge in [0.25, 0.3) is 0 Å². The van der Waals surface area contributed by atoms with Crippen LogP contribution in [-0.2, 0) is 7.05 Å². The Labute approximate surface area is 190 Å². The normalized spacial score (nSPS) is 18.4. The number of hydrogen-bond acceptors (Lipinski definition) is 6. The van der Waals surface area contributed by atoms with Crippen molar-refractivity contribution >= 4 is 16.9 Å². The van der Waals surface area contributed by atoms with E-state index in [9.17, 15) is 4.39 Å². The van der Waals surface area contributed by atoms with Crippen molar-refractivity contribution in [1.82, 2.24) is 24.8 Å². The number of aromatic nitrogens is 5. The zero-order valence-electron chi connectivity index (χ0n) is 18.4. The first kappa shape index (κ1) is 21.1. The van der Waals surface area contributed by atoms with Crippen molar-refractivity contribution < 1.29 is 4.39 Å². The molecule has 2 aromatic heterocycles. The molecule has 33 heavy (non-hydrogen) atoms. The summed E-state index contributed by atoms with van der Waals surface area (Å²) in [7, 11) is 1.83. The van der Waals surface area contributed by atoms with Crippen LogP contribution in [0.1, 0.15) is 31.2 Å². The van der Waals surface area contributed by atoms with Gasteiger partial charge in [-0.25, -0.2) is 13.8 Å². The topological polar surface area (TPSA) is 110 Å². The van der Waals surface area contributed by atoms with E-state index in [4.69, 9.17) is 16.1 Å². The number of anilines is 1. The molecule has 1 saturated carbocycles. The minimum atomic E-state index is -0.556. The van der Waals surface area contributed by atoms with Crippen LogP contribution in [0.3, 0.4) is 0 Å². The summed E-state index contributed by atoms with van der Waals surface area (Å²) in [6, 6.07) is 14.4. The standard InChI is InChI=1S/C24H25FN8/c1-32-23-11-19(7-8-21(23)29-31-32)33-22(16-5-6-17(13-26)20(25)10-16)12-24(30-33)28-14-15-3-2-4-18(27)9-15/h5-8,10-12,15,18H,2-4,9,14,27H2,1H3,(H,28,30)/t15-,18?/m0/s1. The summed E-state index contributed by atoms with van der Waals surface area (Å²) in [5, 5.41) is 25.5. The van der Waals surface area contributed by atoms with E-state index in [1.54, 1.807) is 15.4 Å². The Hall–Kier alpha value is -3.77. The molecule has 1 aliphatic carbocycles. The Balaban J connectivity index is 1.53. The lowest BCUT2D eigenvalue weighted by atomic mass is 9.86. The SMILES string of the molecule is Cn1nnc2ccc(-n3nc(NC[C@H]4CCCC(N)C4)cc3-c3ccc(C#N)c(F)c3)cc21. The van der Waals surface area contributed by atoms with Crippen molar-refractivity contribution in [3.8, 4) is 23.0 Å². The van der Waals surface area contributed by atoms with Gasteiger partial charge in [0, 0.05) is 31.3 Å². The van der Waals surface area contributed by atoms with E-state index < -0.39 is 5.82 Å². The molecule has 2 heterocycles. The third kappa shape index (κ3) is 4.17. The maximum absolute atomic E-state index is 14.4. The molecule has 0 saturated heterocycles. The van der Waals surface area contributed by atoms with Gasteiger partial charge in [-0.15, -0.1) is 10.2 Å². The summed E-state index contributed by atoms with van der Waals surface area (Å²) in [5.74, 6) is 0.656. The molecule has 9 heteroatoms. The van der Waals surface area contributed by atoms with Crippen LogP contribution in [0, 0.1) is 23.1 Å². The maximum Gasteiger partial charge on any atom is 0.149 e. The van der Waals surface area contributed by atoms with Crippen LogP contribution in [0.5, 0.6) is 0 Å². The van der Waals surface area contributed by atoms with Crippen molar-refractivity contribution in [2.75, 3.05) is 11.9 Å². The lowest BCUT2D eigenvalue weighted by molar-refractivity contribution is 0.335. The van der Waals surface area contributed by atoms with Gasteiger partial charge in [0.2, 0.25) is 0 Å². The van der Waals surface area contributed by atoms with Crippen LogP contribution >= 0.6 is 0 Å². The van der Waals surface area contributed by atoms with Gasteiger partial charge in [-0.05, 0) is 55.5 Å². The van der Waals surface area contributed by atoms with Gasteiger partial charge in [-0.2, -0.15) is 5.26 Å². The van der Waals surface area contributed by atoms with Crippen molar-refractivity contribution in [1.29, 1.82) is 5.26 Å². The Kier molecular flexibility index (Phi) is 5.52. The predicted molar refractivity (Wildman–Crippen MR) is 124 cm³/mol. The summed E-state index contributed by atoms with van der Waals surface area (Å²) in [6.07, 6.45) is 4.40. The van der Waals surface area contributed by atoms with Crippen molar-refractivity contribution in [3.05, 3.63) is 53.8 Å². The first-order valence-electron chi connectivity index (χ1n) is 11.1. The van der Waals surface area contributed by atoms with Crippen molar-refractivity contribution in [2.45, 2.75) is 31.7 Å². The average Bonchev–Trinajstić information content (AvgIpc) is 3.41. The van der Waals surface area contributed by atoms with E-state index in [0.29, 0.717) is 17.3 Å². The molecule has 0 bridgehead atoms. The zero-order valence-corrected chi connectivity index (χ0v) is 18.4. The van der Waals surface area contributed by atoms with Crippen LogP contribution in [0.2, 0.25) is 0 Å². The fourth-order valence-corrected chi connectivity index (χ4v) is 4.55. The number of benzene rings is 2. The van der Waals surface area contributed by atoms with Gasteiger partial charge >= 0.3 is 0 Å². The third-order valence-corrected chi connectivity index (χ3v) is 6.33. The molecule has 168 valence electrons. The predicted octanol–water partition coefficient (Wildman–Crippen LogP) is 3.76. The second kappa shape index (κ2) is 8.64. The van der Waals surface area contributed by atoms with E-state index in [0.717, 1.165) is 54.6 Å². The minimum Gasteiger partial charge on any atom is -0.368 e. The molecule has 1 aliphatic rings. The highest BCUT2D eigenvalue weighted by Gasteiger charge is 2.20. The number of rotatable bonds is 5. The highest BCUT2D eigenvalue weighted by molar-refractivity contribution is 5.78. The van der Waals surface area contributed by atoms with Gasteiger partial charge in [0.05, 0.1) is 22.5 Å². The second-order valence-corrected chi connectivity index (χ2v) is 8.69. The third-order valence-electron chi connectivity index (χ3n) is 6.33. The fourth-order valence-electron chi connectivity index (χ4n) is 4.55. The average molecular weight is 445 g/mol. The van der Waals surface area contributed by atoms with Gasteiger partial charge in [0.1, 0.15) is 23.2 Å².